The lowest BCUT2D eigenvalue weighted by Gasteiger charge is -2.08. The van der Waals surface area contributed by atoms with Crippen LogP contribution in [0.4, 0.5) is 0 Å². The van der Waals surface area contributed by atoms with Crippen LogP contribution in [0.1, 0.15) is 5.69 Å². The Hall–Kier alpha value is -4.16. The second kappa shape index (κ2) is 7.68. The molecule has 5 heterocycles. The summed E-state index contributed by atoms with van der Waals surface area (Å²) in [5.41, 5.74) is 5.24. The first-order chi connectivity index (χ1) is 16.8. The fraction of sp³-hybridized carbons (Fsp3) is 0.0870. The summed E-state index contributed by atoms with van der Waals surface area (Å²) in [6.07, 6.45) is 5.25. The minimum absolute atomic E-state index is 0.224. The van der Waals surface area contributed by atoms with Crippen molar-refractivity contribution in [2.24, 2.45) is 0 Å². The number of fused-ring (bicyclic) bond motifs is 2. The third-order valence-electron chi connectivity index (χ3n) is 5.59. The first kappa shape index (κ1) is 21.4. The van der Waals surface area contributed by atoms with E-state index in [0.29, 0.717) is 16.9 Å². The normalized spacial score (nSPS) is 12.1. The van der Waals surface area contributed by atoms with Crippen molar-refractivity contribution in [1.82, 2.24) is 33.5 Å². The zero-order valence-electron chi connectivity index (χ0n) is 18.5. The summed E-state index contributed by atoms with van der Waals surface area (Å²) in [6.45, 7) is 1.89. The predicted molar refractivity (Wildman–Crippen MR) is 134 cm³/mol. The molecule has 174 valence electrons. The fourth-order valence-electron chi connectivity index (χ4n) is 3.97. The summed E-state index contributed by atoms with van der Waals surface area (Å²) in [6, 6.07) is 13.3. The third-order valence-corrected chi connectivity index (χ3v) is 7.26. The number of aryl methyl sites for hydroxylation is 1. The van der Waals surface area contributed by atoms with E-state index in [1.54, 1.807) is 22.5 Å². The quantitative estimate of drug-likeness (QED) is 0.363. The molecular weight excluding hydrogens is 486 g/mol. The number of benzene rings is 1. The molecule has 10 nitrogen and oxygen atoms in total. The van der Waals surface area contributed by atoms with E-state index in [9.17, 15) is 13.2 Å². The molecule has 0 saturated carbocycles. The molecule has 5 aromatic heterocycles. The van der Waals surface area contributed by atoms with Crippen LogP contribution in [0.3, 0.4) is 0 Å². The molecule has 12 heteroatoms. The summed E-state index contributed by atoms with van der Waals surface area (Å²) in [5.74, 6) is 0.580. The number of aromatic nitrogens is 7. The van der Waals surface area contributed by atoms with E-state index < -0.39 is 15.6 Å². The zero-order chi connectivity index (χ0) is 24.3. The maximum absolute atomic E-state index is 13.5. The molecule has 0 atom stereocenters. The highest BCUT2D eigenvalue weighted by atomic mass is 32.2. The number of pyridine rings is 2. The van der Waals surface area contributed by atoms with Gasteiger partial charge in [-0.15, -0.1) is 11.3 Å². The highest BCUT2D eigenvalue weighted by molar-refractivity contribution is 7.89. The second-order valence-corrected chi connectivity index (χ2v) is 10.7. The highest BCUT2D eigenvalue weighted by Crippen LogP contribution is 2.32. The molecule has 6 aromatic rings. The number of thiazole rings is 1. The first-order valence-electron chi connectivity index (χ1n) is 10.5. The molecule has 0 aliphatic heterocycles. The van der Waals surface area contributed by atoms with Crippen molar-refractivity contribution < 1.29 is 8.42 Å². The van der Waals surface area contributed by atoms with Crippen LogP contribution in [0.5, 0.6) is 0 Å². The van der Waals surface area contributed by atoms with Gasteiger partial charge in [0.25, 0.3) is 15.6 Å². The van der Waals surface area contributed by atoms with Crippen LogP contribution in [0.2, 0.25) is 0 Å². The average Bonchev–Trinajstić information content (AvgIpc) is 3.56. The van der Waals surface area contributed by atoms with Gasteiger partial charge in [-0.05, 0) is 37.3 Å². The third kappa shape index (κ3) is 3.54. The van der Waals surface area contributed by atoms with Gasteiger partial charge in [0.05, 0.1) is 45.8 Å². The van der Waals surface area contributed by atoms with Gasteiger partial charge in [-0.1, -0.05) is 12.1 Å². The summed E-state index contributed by atoms with van der Waals surface area (Å²) in [5, 5.41) is 9.18. The molecule has 0 N–H and O–H groups in total. The minimum atomic E-state index is -3.58. The van der Waals surface area contributed by atoms with Crippen LogP contribution < -0.4 is 5.56 Å². The number of rotatable bonds is 4. The smallest absolute Gasteiger partial charge is 0.279 e. The Kier molecular flexibility index (Phi) is 4.69. The van der Waals surface area contributed by atoms with Crippen LogP contribution in [0.15, 0.2) is 71.4 Å². The van der Waals surface area contributed by atoms with Crippen molar-refractivity contribution in [1.29, 1.82) is 0 Å². The van der Waals surface area contributed by atoms with Gasteiger partial charge in [0.2, 0.25) is 0 Å². The van der Waals surface area contributed by atoms with Gasteiger partial charge < -0.3 is 0 Å². The van der Waals surface area contributed by atoms with Crippen LogP contribution in [-0.4, -0.2) is 48.2 Å². The van der Waals surface area contributed by atoms with Gasteiger partial charge in [-0.2, -0.15) is 14.3 Å². The molecule has 0 aliphatic carbocycles. The van der Waals surface area contributed by atoms with Crippen molar-refractivity contribution in [2.75, 3.05) is 6.26 Å². The number of hydrogen-bond acceptors (Lipinski definition) is 8. The maximum atomic E-state index is 13.5. The molecule has 0 aliphatic rings. The molecule has 0 bridgehead atoms. The van der Waals surface area contributed by atoms with Gasteiger partial charge in [0, 0.05) is 22.8 Å². The molecular formula is C23H17N7O3S2. The number of nitrogens with zero attached hydrogens (tertiary/aromatic N) is 7. The Labute approximate surface area is 202 Å². The molecule has 6 rings (SSSR count). The fourth-order valence-corrected chi connectivity index (χ4v) is 5.21. The van der Waals surface area contributed by atoms with Crippen molar-refractivity contribution in [2.45, 2.75) is 6.92 Å². The second-order valence-electron chi connectivity index (χ2n) is 8.02. The lowest BCUT2D eigenvalue weighted by molar-refractivity contribution is 0.586. The largest absolute Gasteiger partial charge is 0.283 e. The summed E-state index contributed by atoms with van der Waals surface area (Å²) >= 11 is 1.53. The Balaban J connectivity index is 1.63. The molecule has 0 amide bonds. The SMILES string of the molecule is Cc1cccc(-n2nc3c(=O)n(-c4cnn(S(C)(=O)=O)c4)ccc3c2-c2ccc3ncsc3c2)n1. The van der Waals surface area contributed by atoms with Crippen molar-refractivity contribution >= 4 is 42.5 Å². The van der Waals surface area contributed by atoms with Crippen molar-refractivity contribution in [3.8, 4) is 22.8 Å². The van der Waals surface area contributed by atoms with E-state index in [1.165, 1.54) is 28.3 Å². The van der Waals surface area contributed by atoms with E-state index in [4.69, 9.17) is 0 Å². The Morgan fingerprint density at radius 3 is 2.71 bits per heavy atom. The topological polar surface area (TPSA) is 118 Å². The minimum Gasteiger partial charge on any atom is -0.279 e. The Bertz CT molecular complexity index is 1930. The maximum Gasteiger partial charge on any atom is 0.283 e. The molecule has 0 unspecified atom stereocenters. The van der Waals surface area contributed by atoms with E-state index in [-0.39, 0.29) is 5.52 Å². The van der Waals surface area contributed by atoms with E-state index in [1.807, 2.05) is 43.3 Å². The monoisotopic (exact) mass is 503 g/mol. The predicted octanol–water partition coefficient (Wildman–Crippen LogP) is 3.16. The molecule has 0 saturated heterocycles. The molecule has 0 radical (unpaired) electrons. The molecule has 0 fully saturated rings. The molecule has 35 heavy (non-hydrogen) atoms. The van der Waals surface area contributed by atoms with Gasteiger partial charge in [0.1, 0.15) is 0 Å². The summed E-state index contributed by atoms with van der Waals surface area (Å²) in [7, 11) is -3.58. The lowest BCUT2D eigenvalue weighted by atomic mass is 10.1. The molecule has 0 spiro atoms. The van der Waals surface area contributed by atoms with E-state index >= 15 is 0 Å². The van der Waals surface area contributed by atoms with E-state index in [2.05, 4.69) is 20.2 Å². The standard InChI is InChI=1S/C23H17N7O3S2/c1-14-4-3-5-20(26-14)30-22(15-6-7-18-19(10-15)34-13-24-18)17-8-9-28(23(31)21(17)27-30)16-11-25-29(12-16)35(2,32)33/h3-13H,1-2H3. The Morgan fingerprint density at radius 1 is 1.09 bits per heavy atom. The van der Waals surface area contributed by atoms with Gasteiger partial charge in [0.15, 0.2) is 11.3 Å². The van der Waals surface area contributed by atoms with Crippen LogP contribution in [0.25, 0.3) is 43.9 Å². The van der Waals surface area contributed by atoms with Gasteiger partial charge in [-0.25, -0.2) is 23.1 Å². The summed E-state index contributed by atoms with van der Waals surface area (Å²) in [4.78, 5) is 22.5. The van der Waals surface area contributed by atoms with E-state index in [0.717, 1.165) is 37.5 Å². The molecule has 1 aromatic carbocycles. The van der Waals surface area contributed by atoms with Gasteiger partial charge in [-0.3, -0.25) is 9.36 Å². The van der Waals surface area contributed by atoms with Crippen molar-refractivity contribution in [3.05, 3.63) is 82.6 Å². The van der Waals surface area contributed by atoms with Gasteiger partial charge >= 0.3 is 0 Å². The van der Waals surface area contributed by atoms with Crippen LogP contribution in [0, 0.1) is 6.92 Å². The highest BCUT2D eigenvalue weighted by Gasteiger charge is 2.20. The number of hydrogen-bond donors (Lipinski definition) is 0. The van der Waals surface area contributed by atoms with Crippen LogP contribution >= 0.6 is 11.3 Å². The zero-order valence-corrected chi connectivity index (χ0v) is 20.2. The summed E-state index contributed by atoms with van der Waals surface area (Å²) < 4.78 is 28.5. The average molecular weight is 504 g/mol. The lowest BCUT2D eigenvalue weighted by Crippen LogP contribution is -2.17. The van der Waals surface area contributed by atoms with Crippen molar-refractivity contribution in [3.63, 3.8) is 0 Å². The van der Waals surface area contributed by atoms with Crippen LogP contribution in [-0.2, 0) is 10.0 Å². The Morgan fingerprint density at radius 2 is 1.94 bits per heavy atom. The first-order valence-corrected chi connectivity index (χ1v) is 13.2.